The fourth-order valence-electron chi connectivity index (χ4n) is 3.02. The van der Waals surface area contributed by atoms with Crippen molar-refractivity contribution in [3.8, 4) is 0 Å². The number of benzene rings is 1. The second-order valence-corrected chi connectivity index (χ2v) is 6.89. The zero-order valence-electron chi connectivity index (χ0n) is 16.6. The van der Waals surface area contributed by atoms with Crippen molar-refractivity contribution >= 4 is 5.97 Å². The highest BCUT2D eigenvalue weighted by Gasteiger charge is 2.37. The number of allylic oxidation sites excluding steroid dienone is 5. The molecular weight excluding hydrogens is 336 g/mol. The number of esters is 1. The summed E-state index contributed by atoms with van der Waals surface area (Å²) in [7, 11) is 1.39. The number of rotatable bonds is 12. The minimum absolute atomic E-state index is 0.0301. The first kappa shape index (κ1) is 21.2. The van der Waals surface area contributed by atoms with Crippen molar-refractivity contribution in [2.24, 2.45) is 0 Å². The van der Waals surface area contributed by atoms with Gasteiger partial charge < -0.3 is 9.47 Å². The standard InChI is InChI=1S/C24H32O3/c1-3-4-5-6-7-8-9-10-11-12-13-14-18-22-23(27-22)20-16-15-17-21(19-20)24(25)26-2/h10-19,22-23H,3-9H2,1-2H3. The number of ether oxygens (including phenoxy) is 2. The summed E-state index contributed by atoms with van der Waals surface area (Å²) < 4.78 is 10.4. The highest BCUT2D eigenvalue weighted by Crippen LogP contribution is 2.39. The number of carbonyl (C=O) groups excluding carboxylic acids is 1. The van der Waals surface area contributed by atoms with E-state index < -0.39 is 0 Å². The SMILES string of the molecule is CCCCCCCCC=CC=CC=CC1OC1c1cccc(C(=O)OC)c1. The summed E-state index contributed by atoms with van der Waals surface area (Å²) in [5.74, 6) is -0.319. The van der Waals surface area contributed by atoms with Gasteiger partial charge >= 0.3 is 5.97 Å². The van der Waals surface area contributed by atoms with E-state index in [0.29, 0.717) is 5.56 Å². The van der Waals surface area contributed by atoms with Gasteiger partial charge in [-0.3, -0.25) is 0 Å². The molecule has 3 heteroatoms. The summed E-state index contributed by atoms with van der Waals surface area (Å²) >= 11 is 0. The first-order valence-corrected chi connectivity index (χ1v) is 10.1. The van der Waals surface area contributed by atoms with Gasteiger partial charge in [0, 0.05) is 0 Å². The Morgan fingerprint density at radius 3 is 2.67 bits per heavy atom. The van der Waals surface area contributed by atoms with Gasteiger partial charge in [-0.15, -0.1) is 0 Å². The maximum Gasteiger partial charge on any atom is 0.337 e. The van der Waals surface area contributed by atoms with Gasteiger partial charge in [-0.05, 0) is 30.5 Å². The lowest BCUT2D eigenvalue weighted by atomic mass is 10.1. The van der Waals surface area contributed by atoms with E-state index in [1.54, 1.807) is 6.07 Å². The van der Waals surface area contributed by atoms with Crippen LogP contribution in [-0.2, 0) is 9.47 Å². The lowest BCUT2D eigenvalue weighted by molar-refractivity contribution is 0.0600. The van der Waals surface area contributed by atoms with Crippen LogP contribution in [0.1, 0.15) is 73.9 Å². The Bertz CT molecular complexity index is 657. The van der Waals surface area contributed by atoms with Crippen LogP contribution in [0.25, 0.3) is 0 Å². The van der Waals surface area contributed by atoms with Crippen LogP contribution in [-0.4, -0.2) is 19.2 Å². The van der Waals surface area contributed by atoms with E-state index in [2.05, 4.69) is 25.2 Å². The molecule has 1 aromatic rings. The quantitative estimate of drug-likeness (QED) is 0.187. The molecule has 146 valence electrons. The number of carbonyl (C=O) groups is 1. The number of hydrogen-bond acceptors (Lipinski definition) is 3. The van der Waals surface area contributed by atoms with Crippen molar-refractivity contribution in [2.75, 3.05) is 7.11 Å². The van der Waals surface area contributed by atoms with Gasteiger partial charge in [0.05, 0.1) is 12.7 Å². The third-order valence-corrected chi connectivity index (χ3v) is 4.66. The fourth-order valence-corrected chi connectivity index (χ4v) is 3.02. The van der Waals surface area contributed by atoms with Crippen molar-refractivity contribution in [1.29, 1.82) is 0 Å². The van der Waals surface area contributed by atoms with Gasteiger partial charge in [-0.25, -0.2) is 4.79 Å². The highest BCUT2D eigenvalue weighted by atomic mass is 16.6. The van der Waals surface area contributed by atoms with Gasteiger partial charge in [0.1, 0.15) is 12.2 Å². The number of hydrogen-bond donors (Lipinski definition) is 0. The molecule has 1 aromatic carbocycles. The molecule has 2 atom stereocenters. The van der Waals surface area contributed by atoms with Crippen LogP contribution in [0.15, 0.2) is 60.7 Å². The summed E-state index contributed by atoms with van der Waals surface area (Å²) in [6.45, 7) is 2.25. The molecule has 2 rings (SSSR count). The normalized spacial score (nSPS) is 19.3. The molecule has 2 unspecified atom stereocenters. The van der Waals surface area contributed by atoms with Crippen LogP contribution in [0, 0.1) is 0 Å². The Labute approximate surface area is 163 Å². The third-order valence-electron chi connectivity index (χ3n) is 4.66. The Balaban J connectivity index is 1.63. The molecule has 0 saturated carbocycles. The molecule has 1 aliphatic rings. The molecular formula is C24H32O3. The van der Waals surface area contributed by atoms with Crippen LogP contribution in [0.2, 0.25) is 0 Å². The Morgan fingerprint density at radius 1 is 1.07 bits per heavy atom. The van der Waals surface area contributed by atoms with E-state index in [9.17, 15) is 4.79 Å². The zero-order valence-corrected chi connectivity index (χ0v) is 16.6. The average Bonchev–Trinajstić information content (AvgIpc) is 3.48. The van der Waals surface area contributed by atoms with Gasteiger partial charge in [0.15, 0.2) is 0 Å². The van der Waals surface area contributed by atoms with E-state index in [-0.39, 0.29) is 18.2 Å². The predicted octanol–water partition coefficient (Wildman–Crippen LogP) is 6.33. The van der Waals surface area contributed by atoms with Crippen LogP contribution in [0.3, 0.4) is 0 Å². The Morgan fingerprint density at radius 2 is 1.85 bits per heavy atom. The summed E-state index contributed by atoms with van der Waals surface area (Å²) in [5, 5.41) is 0. The first-order chi connectivity index (χ1) is 13.3. The van der Waals surface area contributed by atoms with Gasteiger partial charge in [0.25, 0.3) is 0 Å². The molecule has 0 aromatic heterocycles. The van der Waals surface area contributed by atoms with Crippen molar-refractivity contribution in [3.63, 3.8) is 0 Å². The third kappa shape index (κ3) is 7.96. The highest BCUT2D eigenvalue weighted by molar-refractivity contribution is 5.89. The summed E-state index contributed by atoms with van der Waals surface area (Å²) in [6.07, 6.45) is 21.8. The lowest BCUT2D eigenvalue weighted by Gasteiger charge is -2.00. The fraction of sp³-hybridized carbons (Fsp3) is 0.458. The van der Waals surface area contributed by atoms with E-state index in [1.165, 1.54) is 45.6 Å². The summed E-state index contributed by atoms with van der Waals surface area (Å²) in [6, 6.07) is 7.43. The maximum atomic E-state index is 11.6. The maximum absolute atomic E-state index is 11.6. The van der Waals surface area contributed by atoms with Crippen LogP contribution in [0.5, 0.6) is 0 Å². The van der Waals surface area contributed by atoms with Gasteiger partial charge in [0.2, 0.25) is 0 Å². The van der Waals surface area contributed by atoms with Gasteiger partial charge in [-0.1, -0.05) is 87.6 Å². The van der Waals surface area contributed by atoms with Crippen molar-refractivity contribution in [2.45, 2.75) is 64.1 Å². The molecule has 1 heterocycles. The Hall–Kier alpha value is -2.13. The van der Waals surface area contributed by atoms with Crippen molar-refractivity contribution in [1.82, 2.24) is 0 Å². The molecule has 0 spiro atoms. The second kappa shape index (κ2) is 12.3. The van der Waals surface area contributed by atoms with E-state index in [0.717, 1.165) is 12.0 Å². The molecule has 1 fully saturated rings. The monoisotopic (exact) mass is 368 g/mol. The summed E-state index contributed by atoms with van der Waals surface area (Å²) in [5.41, 5.74) is 1.57. The molecule has 1 saturated heterocycles. The molecule has 0 radical (unpaired) electrons. The smallest absolute Gasteiger partial charge is 0.337 e. The van der Waals surface area contributed by atoms with Crippen molar-refractivity contribution in [3.05, 3.63) is 71.8 Å². The molecule has 0 amide bonds. The first-order valence-electron chi connectivity index (χ1n) is 10.1. The van der Waals surface area contributed by atoms with E-state index in [1.807, 2.05) is 36.4 Å². The van der Waals surface area contributed by atoms with Crippen LogP contribution >= 0.6 is 0 Å². The largest absolute Gasteiger partial charge is 0.465 e. The second-order valence-electron chi connectivity index (χ2n) is 6.89. The average molecular weight is 369 g/mol. The minimum atomic E-state index is -0.319. The topological polar surface area (TPSA) is 38.8 Å². The van der Waals surface area contributed by atoms with Gasteiger partial charge in [-0.2, -0.15) is 0 Å². The predicted molar refractivity (Wildman–Crippen MR) is 111 cm³/mol. The molecule has 27 heavy (non-hydrogen) atoms. The van der Waals surface area contributed by atoms with Crippen LogP contribution < -0.4 is 0 Å². The molecule has 0 aliphatic carbocycles. The molecule has 1 aliphatic heterocycles. The van der Waals surface area contributed by atoms with E-state index in [4.69, 9.17) is 9.47 Å². The molecule has 0 N–H and O–H groups in total. The Kier molecular flexibility index (Phi) is 9.64. The van der Waals surface area contributed by atoms with Crippen LogP contribution in [0.4, 0.5) is 0 Å². The van der Waals surface area contributed by atoms with E-state index >= 15 is 0 Å². The molecule has 0 bridgehead atoms. The number of unbranched alkanes of at least 4 members (excludes halogenated alkanes) is 6. The zero-order chi connectivity index (χ0) is 19.3. The molecule has 3 nitrogen and oxygen atoms in total. The number of methoxy groups -OCH3 is 1. The lowest BCUT2D eigenvalue weighted by Crippen LogP contribution is -2.01. The minimum Gasteiger partial charge on any atom is -0.465 e. The number of epoxide rings is 1. The van der Waals surface area contributed by atoms with Crippen molar-refractivity contribution < 1.29 is 14.3 Å². The summed E-state index contributed by atoms with van der Waals surface area (Å²) in [4.78, 5) is 11.6.